The average molecular weight is 282 g/mol. The zero-order valence-corrected chi connectivity index (χ0v) is 11.8. The number of carbonyl (C=O) groups excluding carboxylic acids is 1. The number of amides is 1. The van der Waals surface area contributed by atoms with Crippen LogP contribution in [0.2, 0.25) is 0 Å². The Bertz CT molecular complexity index is 560. The summed E-state index contributed by atoms with van der Waals surface area (Å²) in [7, 11) is -3.69. The van der Waals surface area contributed by atoms with Gasteiger partial charge in [-0.2, -0.15) is 0 Å². The Morgan fingerprint density at radius 3 is 2.26 bits per heavy atom. The summed E-state index contributed by atoms with van der Waals surface area (Å²) in [6, 6.07) is 6.64. The molecule has 5 nitrogen and oxygen atoms in total. The lowest BCUT2D eigenvalue weighted by molar-refractivity contribution is -0.122. The number of sulfonamides is 1. The van der Waals surface area contributed by atoms with Gasteiger partial charge in [0.15, 0.2) is 0 Å². The zero-order chi connectivity index (χ0) is 14.0. The number of nitrogens with one attached hydrogen (secondary N) is 2. The smallest absolute Gasteiger partial charge is 0.257 e. The molecule has 1 fully saturated rings. The third-order valence-corrected chi connectivity index (χ3v) is 4.38. The molecule has 2 rings (SSSR count). The first-order chi connectivity index (χ1) is 8.90. The number of carbonyl (C=O) groups is 1. The van der Waals surface area contributed by atoms with Crippen LogP contribution in [-0.4, -0.2) is 14.3 Å². The van der Waals surface area contributed by atoms with Gasteiger partial charge in [0.2, 0.25) is 5.91 Å². The monoisotopic (exact) mass is 282 g/mol. The Hall–Kier alpha value is -1.40. The lowest BCUT2D eigenvalue weighted by Gasteiger charge is -2.09. The molecule has 1 aromatic rings. The van der Waals surface area contributed by atoms with Gasteiger partial charge in [0, 0.05) is 5.92 Å². The van der Waals surface area contributed by atoms with Crippen molar-refractivity contribution in [3.63, 3.8) is 0 Å². The molecule has 0 atom stereocenters. The standard InChI is InChI=1S/C13H18N2O3S/c1-9(2)10-5-7-12(8-6-10)19(17,18)15-14-13(16)11-3-4-11/h5-9,11,15H,3-4H2,1-2H3,(H,14,16). The molecule has 1 aliphatic carbocycles. The second kappa shape index (κ2) is 5.30. The van der Waals surface area contributed by atoms with Gasteiger partial charge in [-0.05, 0) is 36.5 Å². The van der Waals surface area contributed by atoms with Gasteiger partial charge >= 0.3 is 0 Å². The molecular weight excluding hydrogens is 264 g/mol. The van der Waals surface area contributed by atoms with Crippen LogP contribution in [0.5, 0.6) is 0 Å². The van der Waals surface area contributed by atoms with Gasteiger partial charge in [-0.15, -0.1) is 4.83 Å². The van der Waals surface area contributed by atoms with Crippen LogP contribution in [0.25, 0.3) is 0 Å². The summed E-state index contributed by atoms with van der Waals surface area (Å²) in [5.41, 5.74) is 3.31. The summed E-state index contributed by atoms with van der Waals surface area (Å²) in [6.45, 7) is 4.08. The van der Waals surface area contributed by atoms with Crippen molar-refractivity contribution in [3.05, 3.63) is 29.8 Å². The van der Waals surface area contributed by atoms with Crippen molar-refractivity contribution in [2.24, 2.45) is 5.92 Å². The van der Waals surface area contributed by atoms with Gasteiger partial charge in [-0.3, -0.25) is 10.2 Å². The highest BCUT2D eigenvalue weighted by Crippen LogP contribution is 2.28. The van der Waals surface area contributed by atoms with Gasteiger partial charge < -0.3 is 0 Å². The first-order valence-electron chi connectivity index (χ1n) is 6.32. The summed E-state index contributed by atoms with van der Waals surface area (Å²) in [6.07, 6.45) is 1.66. The van der Waals surface area contributed by atoms with E-state index in [2.05, 4.69) is 10.3 Å². The van der Waals surface area contributed by atoms with Crippen LogP contribution in [0.1, 0.15) is 38.2 Å². The molecule has 0 spiro atoms. The third kappa shape index (κ3) is 3.54. The third-order valence-electron chi connectivity index (χ3n) is 3.11. The summed E-state index contributed by atoms with van der Waals surface area (Å²) < 4.78 is 23.9. The summed E-state index contributed by atoms with van der Waals surface area (Å²) in [5.74, 6) is 0.0488. The van der Waals surface area contributed by atoms with Crippen molar-refractivity contribution in [1.82, 2.24) is 10.3 Å². The van der Waals surface area contributed by atoms with Gasteiger partial charge in [0.25, 0.3) is 10.0 Å². The second-order valence-electron chi connectivity index (χ2n) is 5.09. The SMILES string of the molecule is CC(C)c1ccc(S(=O)(=O)NNC(=O)C2CC2)cc1. The van der Waals surface area contributed by atoms with Gasteiger partial charge in [-0.1, -0.05) is 26.0 Å². The fourth-order valence-electron chi connectivity index (χ4n) is 1.66. The summed E-state index contributed by atoms with van der Waals surface area (Å²) in [4.78, 5) is 13.7. The maximum absolute atomic E-state index is 11.9. The van der Waals surface area contributed by atoms with Crippen LogP contribution in [0.4, 0.5) is 0 Å². The molecule has 0 unspecified atom stereocenters. The number of hydrogen-bond acceptors (Lipinski definition) is 3. The fraction of sp³-hybridized carbons (Fsp3) is 0.462. The molecule has 0 radical (unpaired) electrons. The van der Waals surface area contributed by atoms with Crippen LogP contribution in [0.3, 0.4) is 0 Å². The molecular formula is C13H18N2O3S. The van der Waals surface area contributed by atoms with E-state index in [9.17, 15) is 13.2 Å². The van der Waals surface area contributed by atoms with Crippen LogP contribution in [0.15, 0.2) is 29.2 Å². The molecule has 0 bridgehead atoms. The quantitative estimate of drug-likeness (QED) is 0.804. The average Bonchev–Trinajstić information content (AvgIpc) is 3.20. The predicted octanol–water partition coefficient (Wildman–Crippen LogP) is 1.53. The Kier molecular flexibility index (Phi) is 3.91. The van der Waals surface area contributed by atoms with Gasteiger partial charge in [-0.25, -0.2) is 8.42 Å². The first-order valence-corrected chi connectivity index (χ1v) is 7.80. The number of benzene rings is 1. The first kappa shape index (κ1) is 14.0. The molecule has 1 aromatic carbocycles. The highest BCUT2D eigenvalue weighted by molar-refractivity contribution is 7.89. The minimum Gasteiger partial charge on any atom is -0.277 e. The topological polar surface area (TPSA) is 75.3 Å². The predicted molar refractivity (Wildman–Crippen MR) is 71.7 cm³/mol. The minimum atomic E-state index is -3.69. The maximum Gasteiger partial charge on any atom is 0.257 e. The van der Waals surface area contributed by atoms with Crippen LogP contribution < -0.4 is 10.3 Å². The molecule has 0 heterocycles. The number of hydrogen-bond donors (Lipinski definition) is 2. The Balaban J connectivity index is 2.03. The molecule has 0 saturated heterocycles. The molecule has 0 aromatic heterocycles. The van der Waals surface area contributed by atoms with Crippen molar-refractivity contribution in [2.75, 3.05) is 0 Å². The van der Waals surface area contributed by atoms with E-state index in [1.807, 2.05) is 13.8 Å². The van der Waals surface area contributed by atoms with Crippen LogP contribution >= 0.6 is 0 Å². The summed E-state index contributed by atoms with van der Waals surface area (Å²) in [5, 5.41) is 0. The Morgan fingerprint density at radius 1 is 1.21 bits per heavy atom. The van der Waals surface area contributed by atoms with E-state index < -0.39 is 10.0 Å². The molecule has 2 N–H and O–H groups in total. The van der Waals surface area contributed by atoms with E-state index in [1.54, 1.807) is 24.3 Å². The number of rotatable bonds is 5. The van der Waals surface area contributed by atoms with E-state index >= 15 is 0 Å². The molecule has 19 heavy (non-hydrogen) atoms. The fourth-order valence-corrected chi connectivity index (χ4v) is 2.50. The van der Waals surface area contributed by atoms with E-state index in [0.717, 1.165) is 18.4 Å². The highest BCUT2D eigenvalue weighted by atomic mass is 32.2. The van der Waals surface area contributed by atoms with Crippen molar-refractivity contribution < 1.29 is 13.2 Å². The van der Waals surface area contributed by atoms with Gasteiger partial charge in [0.05, 0.1) is 4.90 Å². The van der Waals surface area contributed by atoms with Gasteiger partial charge in [0.1, 0.15) is 0 Å². The van der Waals surface area contributed by atoms with Crippen LogP contribution in [-0.2, 0) is 14.8 Å². The van der Waals surface area contributed by atoms with E-state index in [1.165, 1.54) is 0 Å². The van der Waals surface area contributed by atoms with E-state index in [0.29, 0.717) is 5.92 Å². The molecule has 1 aliphatic rings. The zero-order valence-electron chi connectivity index (χ0n) is 11.0. The Labute approximate surface area is 113 Å². The van der Waals surface area contributed by atoms with E-state index in [-0.39, 0.29) is 16.7 Å². The van der Waals surface area contributed by atoms with Crippen molar-refractivity contribution in [1.29, 1.82) is 0 Å². The molecule has 1 saturated carbocycles. The Morgan fingerprint density at radius 2 is 1.79 bits per heavy atom. The lowest BCUT2D eigenvalue weighted by Crippen LogP contribution is -2.42. The maximum atomic E-state index is 11.9. The molecule has 0 aliphatic heterocycles. The molecule has 6 heteroatoms. The van der Waals surface area contributed by atoms with Crippen molar-refractivity contribution in [3.8, 4) is 0 Å². The molecule has 104 valence electrons. The highest BCUT2D eigenvalue weighted by Gasteiger charge is 2.30. The largest absolute Gasteiger partial charge is 0.277 e. The van der Waals surface area contributed by atoms with Crippen LogP contribution in [0, 0.1) is 5.92 Å². The van der Waals surface area contributed by atoms with Crippen molar-refractivity contribution in [2.45, 2.75) is 37.5 Å². The number of hydrazine groups is 1. The van der Waals surface area contributed by atoms with E-state index in [4.69, 9.17) is 0 Å². The molecule has 1 amide bonds. The second-order valence-corrected chi connectivity index (χ2v) is 6.78. The lowest BCUT2D eigenvalue weighted by atomic mass is 10.0. The minimum absolute atomic E-state index is 0.0361. The van der Waals surface area contributed by atoms with Crippen molar-refractivity contribution >= 4 is 15.9 Å². The summed E-state index contributed by atoms with van der Waals surface area (Å²) >= 11 is 0. The normalized spacial score (nSPS) is 15.5.